The van der Waals surface area contributed by atoms with Gasteiger partial charge < -0.3 is 15.0 Å². The number of carbonyl (C=O) groups excluding carboxylic acids is 2. The molecule has 1 N–H and O–H groups in total. The van der Waals surface area contributed by atoms with Crippen molar-refractivity contribution in [1.82, 2.24) is 10.2 Å². The van der Waals surface area contributed by atoms with Crippen LogP contribution in [0.4, 0.5) is 0 Å². The van der Waals surface area contributed by atoms with Gasteiger partial charge in [-0.25, -0.2) is 0 Å². The van der Waals surface area contributed by atoms with Gasteiger partial charge in [0.05, 0.1) is 25.0 Å². The number of carbonyl (C=O) groups is 2. The molecule has 2 unspecified atom stereocenters. The molecule has 0 saturated carbocycles. The average molecular weight is 290 g/mol. The summed E-state index contributed by atoms with van der Waals surface area (Å²) >= 11 is 0. The van der Waals surface area contributed by atoms with E-state index >= 15 is 0 Å². The molecule has 5 heteroatoms. The minimum atomic E-state index is -0.214. The molecule has 5 nitrogen and oxygen atoms in total. The van der Waals surface area contributed by atoms with Gasteiger partial charge in [0.25, 0.3) is 0 Å². The molecule has 1 aromatic carbocycles. The molecule has 1 saturated heterocycles. The van der Waals surface area contributed by atoms with Gasteiger partial charge in [0.2, 0.25) is 11.8 Å². The van der Waals surface area contributed by atoms with E-state index in [2.05, 4.69) is 5.32 Å². The monoisotopic (exact) mass is 290 g/mol. The lowest BCUT2D eigenvalue weighted by Crippen LogP contribution is -2.40. The molecule has 1 aromatic rings. The van der Waals surface area contributed by atoms with Crippen molar-refractivity contribution in [2.24, 2.45) is 5.92 Å². The van der Waals surface area contributed by atoms with Crippen molar-refractivity contribution in [3.63, 3.8) is 0 Å². The fourth-order valence-corrected chi connectivity index (χ4v) is 2.67. The average Bonchev–Trinajstić information content (AvgIpc) is 2.69. The lowest BCUT2D eigenvalue weighted by atomic mass is 10.00. The van der Waals surface area contributed by atoms with E-state index in [-0.39, 0.29) is 23.8 Å². The third kappa shape index (κ3) is 3.82. The molecule has 1 aliphatic rings. The molecule has 21 heavy (non-hydrogen) atoms. The van der Waals surface area contributed by atoms with Crippen LogP contribution in [0.25, 0.3) is 0 Å². The SMILES string of the molecule is COCC(C)C(=O)N1CCNC(=O)CC1c1ccccc1. The van der Waals surface area contributed by atoms with Crippen LogP contribution in [0.2, 0.25) is 0 Å². The number of benzene rings is 1. The number of nitrogens with one attached hydrogen (secondary N) is 1. The quantitative estimate of drug-likeness (QED) is 0.911. The number of ether oxygens (including phenoxy) is 1. The first-order chi connectivity index (χ1) is 10.1. The Bertz CT molecular complexity index is 490. The van der Waals surface area contributed by atoms with Crippen LogP contribution in [0.15, 0.2) is 30.3 Å². The van der Waals surface area contributed by atoms with Gasteiger partial charge in [-0.3, -0.25) is 9.59 Å². The standard InChI is InChI=1S/C16H22N2O3/c1-12(11-21-2)16(20)18-9-8-17-15(19)10-14(18)13-6-4-3-5-7-13/h3-7,12,14H,8-11H2,1-2H3,(H,17,19). The van der Waals surface area contributed by atoms with Gasteiger partial charge in [-0.1, -0.05) is 37.3 Å². The Labute approximate surface area is 125 Å². The molecule has 0 aromatic heterocycles. The second kappa shape index (κ2) is 7.22. The molecule has 0 spiro atoms. The van der Waals surface area contributed by atoms with Crippen LogP contribution in [0.1, 0.15) is 24.9 Å². The third-order valence-electron chi connectivity index (χ3n) is 3.74. The first-order valence-corrected chi connectivity index (χ1v) is 7.24. The number of rotatable bonds is 4. The Kier molecular flexibility index (Phi) is 5.33. The molecule has 2 rings (SSSR count). The zero-order chi connectivity index (χ0) is 15.2. The Morgan fingerprint density at radius 3 is 2.81 bits per heavy atom. The van der Waals surface area contributed by atoms with Gasteiger partial charge in [-0.15, -0.1) is 0 Å². The summed E-state index contributed by atoms with van der Waals surface area (Å²) in [5.74, 6) is -0.199. The zero-order valence-corrected chi connectivity index (χ0v) is 12.5. The Morgan fingerprint density at radius 2 is 2.14 bits per heavy atom. The van der Waals surface area contributed by atoms with E-state index in [1.807, 2.05) is 37.3 Å². The zero-order valence-electron chi connectivity index (χ0n) is 12.5. The van der Waals surface area contributed by atoms with Gasteiger partial charge in [-0.2, -0.15) is 0 Å². The van der Waals surface area contributed by atoms with Crippen molar-refractivity contribution in [3.05, 3.63) is 35.9 Å². The summed E-state index contributed by atoms with van der Waals surface area (Å²) in [6.45, 7) is 3.26. The second-order valence-corrected chi connectivity index (χ2v) is 5.37. The molecule has 1 aliphatic heterocycles. The first kappa shape index (κ1) is 15.5. The topological polar surface area (TPSA) is 58.6 Å². The van der Waals surface area contributed by atoms with Crippen LogP contribution in [-0.2, 0) is 14.3 Å². The van der Waals surface area contributed by atoms with Crippen molar-refractivity contribution in [2.45, 2.75) is 19.4 Å². The fraction of sp³-hybridized carbons (Fsp3) is 0.500. The molecule has 1 heterocycles. The van der Waals surface area contributed by atoms with Crippen LogP contribution >= 0.6 is 0 Å². The normalized spacial score (nSPS) is 20.6. The number of methoxy groups -OCH3 is 1. The van der Waals surface area contributed by atoms with Crippen LogP contribution in [-0.4, -0.2) is 43.5 Å². The highest BCUT2D eigenvalue weighted by Gasteiger charge is 2.31. The van der Waals surface area contributed by atoms with E-state index in [4.69, 9.17) is 4.74 Å². The van der Waals surface area contributed by atoms with Crippen molar-refractivity contribution < 1.29 is 14.3 Å². The smallest absolute Gasteiger partial charge is 0.228 e. The summed E-state index contributed by atoms with van der Waals surface area (Å²) in [6, 6.07) is 9.51. The molecular weight excluding hydrogens is 268 g/mol. The van der Waals surface area contributed by atoms with Crippen molar-refractivity contribution in [1.29, 1.82) is 0 Å². The number of hydrogen-bond donors (Lipinski definition) is 1. The van der Waals surface area contributed by atoms with E-state index in [1.54, 1.807) is 12.0 Å². The molecule has 2 amide bonds. The summed E-state index contributed by atoms with van der Waals surface area (Å²) in [5.41, 5.74) is 0.993. The molecule has 1 fully saturated rings. The summed E-state index contributed by atoms with van der Waals surface area (Å²) in [6.07, 6.45) is 0.301. The predicted octanol–water partition coefficient (Wildman–Crippen LogP) is 1.36. The molecular formula is C16H22N2O3. The minimum Gasteiger partial charge on any atom is -0.384 e. The third-order valence-corrected chi connectivity index (χ3v) is 3.74. The lowest BCUT2D eigenvalue weighted by molar-refractivity contribution is -0.139. The van der Waals surface area contributed by atoms with E-state index in [9.17, 15) is 9.59 Å². The predicted molar refractivity (Wildman–Crippen MR) is 79.6 cm³/mol. The van der Waals surface area contributed by atoms with E-state index in [0.717, 1.165) is 5.56 Å². The van der Waals surface area contributed by atoms with Gasteiger partial charge in [0.15, 0.2) is 0 Å². The van der Waals surface area contributed by atoms with Crippen LogP contribution in [0.5, 0.6) is 0 Å². The maximum Gasteiger partial charge on any atom is 0.228 e. The Hall–Kier alpha value is -1.88. The van der Waals surface area contributed by atoms with Crippen LogP contribution in [0, 0.1) is 5.92 Å². The number of amides is 2. The molecule has 0 bridgehead atoms. The van der Waals surface area contributed by atoms with E-state index in [0.29, 0.717) is 26.1 Å². The van der Waals surface area contributed by atoms with Crippen LogP contribution in [0.3, 0.4) is 0 Å². The van der Waals surface area contributed by atoms with Gasteiger partial charge >= 0.3 is 0 Å². The first-order valence-electron chi connectivity index (χ1n) is 7.24. The van der Waals surface area contributed by atoms with Gasteiger partial charge in [-0.05, 0) is 5.56 Å². The Balaban J connectivity index is 2.26. The van der Waals surface area contributed by atoms with Crippen molar-refractivity contribution >= 4 is 11.8 Å². The van der Waals surface area contributed by atoms with Gasteiger partial charge in [0.1, 0.15) is 0 Å². The van der Waals surface area contributed by atoms with E-state index < -0.39 is 0 Å². The largest absolute Gasteiger partial charge is 0.384 e. The molecule has 114 valence electrons. The summed E-state index contributed by atoms with van der Waals surface area (Å²) < 4.78 is 5.08. The molecule has 2 atom stereocenters. The van der Waals surface area contributed by atoms with Crippen molar-refractivity contribution in [2.75, 3.05) is 26.8 Å². The minimum absolute atomic E-state index is 0.0152. The molecule has 0 aliphatic carbocycles. The summed E-state index contributed by atoms with van der Waals surface area (Å²) in [4.78, 5) is 26.3. The highest BCUT2D eigenvalue weighted by Crippen LogP contribution is 2.27. The van der Waals surface area contributed by atoms with Crippen LogP contribution < -0.4 is 5.32 Å². The molecule has 0 radical (unpaired) electrons. The highest BCUT2D eigenvalue weighted by atomic mass is 16.5. The lowest BCUT2D eigenvalue weighted by Gasteiger charge is -2.31. The summed E-state index contributed by atoms with van der Waals surface area (Å²) in [7, 11) is 1.59. The maximum absolute atomic E-state index is 12.6. The second-order valence-electron chi connectivity index (χ2n) is 5.37. The summed E-state index contributed by atoms with van der Waals surface area (Å²) in [5, 5.41) is 2.84. The Morgan fingerprint density at radius 1 is 1.43 bits per heavy atom. The number of nitrogens with zero attached hydrogens (tertiary/aromatic N) is 1. The van der Waals surface area contributed by atoms with E-state index in [1.165, 1.54) is 0 Å². The fourth-order valence-electron chi connectivity index (χ4n) is 2.67. The van der Waals surface area contributed by atoms with Crippen molar-refractivity contribution in [3.8, 4) is 0 Å². The maximum atomic E-state index is 12.6. The van der Waals surface area contributed by atoms with Gasteiger partial charge in [0, 0.05) is 20.2 Å². The number of hydrogen-bond acceptors (Lipinski definition) is 3. The highest BCUT2D eigenvalue weighted by molar-refractivity contribution is 5.82.